The van der Waals surface area contributed by atoms with Crippen molar-refractivity contribution in [1.29, 1.82) is 5.41 Å². The van der Waals surface area contributed by atoms with Crippen molar-refractivity contribution >= 4 is 34.7 Å². The Morgan fingerprint density at radius 2 is 1.86 bits per heavy atom. The lowest BCUT2D eigenvalue weighted by molar-refractivity contribution is -0.113. The molecule has 0 saturated carbocycles. The molecule has 0 saturated heterocycles. The molecule has 7 nitrogen and oxygen atoms in total. The standard InChI is InChI=1S/C29H35ClN6O/c1-7-20(2)18-25(31)27-28(21-13-15-22(30)16-14-21)33-36(29(27)32-3)24-11-8-10-23(19-24)35(6)26(37)12-9-17-34(4)5/h8-16,18-19,31-32H,7,17H2,1-6H3/b12-9?,20-18+,31-25?. The second kappa shape index (κ2) is 12.5. The van der Waals surface area contributed by atoms with E-state index in [9.17, 15) is 4.79 Å². The average Bonchev–Trinajstić information content (AvgIpc) is 3.28. The minimum Gasteiger partial charge on any atom is -0.372 e. The van der Waals surface area contributed by atoms with Crippen molar-refractivity contribution in [2.75, 3.05) is 45.0 Å². The number of aromatic nitrogens is 2. The Labute approximate surface area is 224 Å². The lowest BCUT2D eigenvalue weighted by atomic mass is 10.0. The minimum atomic E-state index is -0.113. The van der Waals surface area contributed by atoms with Crippen LogP contribution < -0.4 is 10.2 Å². The summed E-state index contributed by atoms with van der Waals surface area (Å²) in [4.78, 5) is 16.3. The van der Waals surface area contributed by atoms with Crippen molar-refractivity contribution in [2.45, 2.75) is 20.3 Å². The lowest BCUT2D eigenvalue weighted by Gasteiger charge is -2.17. The smallest absolute Gasteiger partial charge is 0.250 e. The summed E-state index contributed by atoms with van der Waals surface area (Å²) in [5.41, 5.74) is 5.20. The van der Waals surface area contributed by atoms with E-state index >= 15 is 0 Å². The molecule has 0 aliphatic carbocycles. The van der Waals surface area contributed by atoms with Crippen LogP contribution in [0.2, 0.25) is 5.02 Å². The summed E-state index contributed by atoms with van der Waals surface area (Å²) in [7, 11) is 7.48. The lowest BCUT2D eigenvalue weighted by Crippen LogP contribution is -2.24. The van der Waals surface area contributed by atoms with Gasteiger partial charge in [0.1, 0.15) is 11.5 Å². The Hall–Kier alpha value is -3.68. The molecular formula is C29H35ClN6O. The molecule has 1 aromatic heterocycles. The molecule has 3 aromatic rings. The predicted molar refractivity (Wildman–Crippen MR) is 156 cm³/mol. The van der Waals surface area contributed by atoms with Gasteiger partial charge in [0.2, 0.25) is 5.91 Å². The molecule has 1 heterocycles. The van der Waals surface area contributed by atoms with Crippen LogP contribution in [0.5, 0.6) is 0 Å². The van der Waals surface area contributed by atoms with Gasteiger partial charge >= 0.3 is 0 Å². The van der Waals surface area contributed by atoms with Gasteiger partial charge in [-0.1, -0.05) is 48.4 Å². The van der Waals surface area contributed by atoms with Crippen LogP contribution in [-0.2, 0) is 4.79 Å². The van der Waals surface area contributed by atoms with Crippen LogP contribution in [0.3, 0.4) is 0 Å². The average molecular weight is 519 g/mol. The Bertz CT molecular complexity index is 1320. The fourth-order valence-electron chi connectivity index (χ4n) is 3.76. The van der Waals surface area contributed by atoms with E-state index in [0.29, 0.717) is 34.4 Å². The van der Waals surface area contributed by atoms with Gasteiger partial charge in [0.05, 0.1) is 17.0 Å². The Balaban J connectivity index is 2.12. The number of allylic oxidation sites excluding steroid dienone is 2. The van der Waals surface area contributed by atoms with Gasteiger partial charge < -0.3 is 20.5 Å². The van der Waals surface area contributed by atoms with Crippen LogP contribution in [0.4, 0.5) is 11.5 Å². The van der Waals surface area contributed by atoms with Crippen molar-refractivity contribution in [2.24, 2.45) is 0 Å². The Morgan fingerprint density at radius 3 is 2.49 bits per heavy atom. The maximum atomic E-state index is 12.7. The molecule has 1 amide bonds. The normalized spacial score (nSPS) is 11.8. The molecule has 0 unspecified atom stereocenters. The van der Waals surface area contributed by atoms with E-state index < -0.39 is 0 Å². The minimum absolute atomic E-state index is 0.113. The Morgan fingerprint density at radius 1 is 1.16 bits per heavy atom. The number of hydrogen-bond donors (Lipinski definition) is 2. The van der Waals surface area contributed by atoms with Crippen LogP contribution in [0.15, 0.2) is 72.3 Å². The third-order valence-corrected chi connectivity index (χ3v) is 6.23. The molecule has 0 bridgehead atoms. The summed E-state index contributed by atoms with van der Waals surface area (Å²) in [6, 6.07) is 15.1. The fourth-order valence-corrected chi connectivity index (χ4v) is 3.88. The number of nitrogens with one attached hydrogen (secondary N) is 2. The van der Waals surface area contributed by atoms with Crippen molar-refractivity contribution in [3.8, 4) is 16.9 Å². The number of rotatable bonds is 10. The van der Waals surface area contributed by atoms with E-state index in [4.69, 9.17) is 22.1 Å². The van der Waals surface area contributed by atoms with E-state index in [1.54, 1.807) is 22.7 Å². The molecule has 2 aromatic carbocycles. The first kappa shape index (κ1) is 27.9. The molecule has 3 rings (SSSR count). The van der Waals surface area contributed by atoms with Crippen LogP contribution in [-0.4, -0.2) is 61.0 Å². The van der Waals surface area contributed by atoms with Crippen molar-refractivity contribution in [1.82, 2.24) is 14.7 Å². The molecule has 0 radical (unpaired) electrons. The summed E-state index contributed by atoms with van der Waals surface area (Å²) >= 11 is 6.14. The van der Waals surface area contributed by atoms with E-state index in [1.165, 1.54) is 0 Å². The number of carbonyl (C=O) groups excluding carboxylic acids is 1. The first-order valence-corrected chi connectivity index (χ1v) is 12.6. The maximum absolute atomic E-state index is 12.7. The van der Waals surface area contributed by atoms with Crippen LogP contribution in [0.25, 0.3) is 16.9 Å². The quantitative estimate of drug-likeness (QED) is 0.253. The van der Waals surface area contributed by atoms with E-state index in [0.717, 1.165) is 28.9 Å². The van der Waals surface area contributed by atoms with E-state index in [2.05, 4.69) is 12.2 Å². The van der Waals surface area contributed by atoms with Crippen LogP contribution in [0, 0.1) is 5.41 Å². The number of nitrogens with zero attached hydrogens (tertiary/aromatic N) is 4. The Kier molecular flexibility index (Phi) is 9.44. The first-order valence-electron chi connectivity index (χ1n) is 12.2. The number of halogens is 1. The summed E-state index contributed by atoms with van der Waals surface area (Å²) < 4.78 is 1.78. The molecule has 8 heteroatoms. The zero-order chi connectivity index (χ0) is 27.1. The summed E-state index contributed by atoms with van der Waals surface area (Å²) in [6.45, 7) is 4.77. The monoisotopic (exact) mass is 518 g/mol. The maximum Gasteiger partial charge on any atom is 0.250 e. The highest BCUT2D eigenvalue weighted by Crippen LogP contribution is 2.33. The molecule has 0 aliphatic rings. The molecule has 37 heavy (non-hydrogen) atoms. The number of benzene rings is 2. The number of anilines is 2. The number of carbonyl (C=O) groups is 1. The number of likely N-dealkylation sites (N-methyl/N-ethyl adjacent to an activating group) is 2. The summed E-state index contributed by atoms with van der Waals surface area (Å²) in [5.74, 6) is 0.574. The SMILES string of the molecule is CC/C(C)=C/C(=N)c1c(-c2ccc(Cl)cc2)nn(-c2cccc(N(C)C(=O)C=CCN(C)C)c2)c1NC. The predicted octanol–water partition coefficient (Wildman–Crippen LogP) is 6.04. The fraction of sp³-hybridized carbons (Fsp3) is 0.276. The topological polar surface area (TPSA) is 77.2 Å². The van der Waals surface area contributed by atoms with Crippen molar-refractivity contribution < 1.29 is 4.79 Å². The van der Waals surface area contributed by atoms with Gasteiger partial charge in [-0.3, -0.25) is 4.79 Å². The van der Waals surface area contributed by atoms with Crippen molar-refractivity contribution in [3.63, 3.8) is 0 Å². The molecule has 0 aliphatic heterocycles. The molecule has 0 fully saturated rings. The third kappa shape index (κ3) is 6.76. The van der Waals surface area contributed by atoms with Gasteiger partial charge in [-0.2, -0.15) is 5.10 Å². The van der Waals surface area contributed by atoms with Gasteiger partial charge in [0, 0.05) is 43.0 Å². The van der Waals surface area contributed by atoms with Gasteiger partial charge in [-0.25, -0.2) is 4.68 Å². The summed E-state index contributed by atoms with van der Waals surface area (Å²) in [6.07, 6.45) is 6.16. The van der Waals surface area contributed by atoms with Crippen molar-refractivity contribution in [3.05, 3.63) is 82.9 Å². The van der Waals surface area contributed by atoms with Gasteiger partial charge in [0.25, 0.3) is 0 Å². The molecular weight excluding hydrogens is 484 g/mol. The zero-order valence-electron chi connectivity index (χ0n) is 22.3. The van der Waals surface area contributed by atoms with Gasteiger partial charge in [-0.15, -0.1) is 0 Å². The molecule has 194 valence electrons. The molecule has 0 atom stereocenters. The number of amides is 1. The highest BCUT2D eigenvalue weighted by atomic mass is 35.5. The largest absolute Gasteiger partial charge is 0.372 e. The number of hydrogen-bond acceptors (Lipinski definition) is 5. The van der Waals surface area contributed by atoms with Gasteiger partial charge in [-0.05, 0) is 63.8 Å². The molecule has 2 N–H and O–H groups in total. The third-order valence-electron chi connectivity index (χ3n) is 5.98. The van der Waals surface area contributed by atoms with Crippen LogP contribution in [0.1, 0.15) is 25.8 Å². The van der Waals surface area contributed by atoms with Gasteiger partial charge in [0.15, 0.2) is 0 Å². The zero-order valence-corrected chi connectivity index (χ0v) is 23.1. The summed E-state index contributed by atoms with van der Waals surface area (Å²) in [5, 5.41) is 17.7. The second-order valence-corrected chi connectivity index (χ2v) is 9.52. The van der Waals surface area contributed by atoms with E-state index in [1.807, 2.05) is 93.6 Å². The highest BCUT2D eigenvalue weighted by molar-refractivity contribution is 6.30. The first-order chi connectivity index (χ1) is 17.7. The highest BCUT2D eigenvalue weighted by Gasteiger charge is 2.23. The second-order valence-electron chi connectivity index (χ2n) is 9.08. The van der Waals surface area contributed by atoms with Crippen LogP contribution >= 0.6 is 11.6 Å². The van der Waals surface area contributed by atoms with E-state index in [-0.39, 0.29) is 5.91 Å². The molecule has 0 spiro atoms.